The molecule has 0 aliphatic carbocycles. The van der Waals surface area contributed by atoms with E-state index in [0.29, 0.717) is 24.7 Å². The highest BCUT2D eigenvalue weighted by atomic mass is 19.4. The van der Waals surface area contributed by atoms with Crippen molar-refractivity contribution < 1.29 is 27.4 Å². The molecule has 1 heterocycles. The Kier molecular flexibility index (Phi) is 6.29. The van der Waals surface area contributed by atoms with Gasteiger partial charge >= 0.3 is 6.18 Å². The van der Waals surface area contributed by atoms with Gasteiger partial charge in [-0.05, 0) is 31.5 Å². The summed E-state index contributed by atoms with van der Waals surface area (Å²) in [5.41, 5.74) is -0.837. The summed E-state index contributed by atoms with van der Waals surface area (Å²) in [4.78, 5) is 12.8. The van der Waals surface area contributed by atoms with Crippen LogP contribution in [0.1, 0.15) is 29.9 Å². The van der Waals surface area contributed by atoms with Crippen molar-refractivity contribution in [3.05, 3.63) is 59.8 Å². The summed E-state index contributed by atoms with van der Waals surface area (Å²) in [6.45, 7) is 4.34. The van der Waals surface area contributed by atoms with Crippen LogP contribution in [0.15, 0.2) is 48.5 Å². The zero-order valence-electron chi connectivity index (χ0n) is 16.3. The van der Waals surface area contributed by atoms with Crippen molar-refractivity contribution in [1.29, 1.82) is 0 Å². The van der Waals surface area contributed by atoms with E-state index in [9.17, 15) is 18.0 Å². The van der Waals surface area contributed by atoms with Crippen molar-refractivity contribution in [2.45, 2.75) is 20.0 Å². The predicted molar refractivity (Wildman–Crippen MR) is 106 cm³/mol. The van der Waals surface area contributed by atoms with Crippen LogP contribution in [0.5, 0.6) is 11.5 Å². The number of aromatic nitrogens is 2. The molecule has 0 saturated heterocycles. The maximum Gasteiger partial charge on any atom is 0.433 e. The lowest BCUT2D eigenvalue weighted by Gasteiger charge is -2.12. The number of alkyl halides is 3. The van der Waals surface area contributed by atoms with Crippen LogP contribution in [0.3, 0.4) is 0 Å². The highest BCUT2D eigenvalue weighted by Crippen LogP contribution is 2.39. The Hall–Kier alpha value is -3.49. The molecule has 0 radical (unpaired) electrons. The maximum absolute atomic E-state index is 13.5. The quantitative estimate of drug-likeness (QED) is 0.556. The van der Waals surface area contributed by atoms with Crippen LogP contribution in [0.25, 0.3) is 11.1 Å². The fourth-order valence-corrected chi connectivity index (χ4v) is 2.91. The van der Waals surface area contributed by atoms with Crippen molar-refractivity contribution in [3.8, 4) is 22.6 Å². The highest BCUT2D eigenvalue weighted by Gasteiger charge is 2.38. The van der Waals surface area contributed by atoms with Crippen molar-refractivity contribution in [3.63, 3.8) is 0 Å². The van der Waals surface area contributed by atoms with Gasteiger partial charge in [-0.3, -0.25) is 9.89 Å². The Labute approximate surface area is 171 Å². The van der Waals surface area contributed by atoms with E-state index in [0.717, 1.165) is 0 Å². The Morgan fingerprint density at radius 2 is 1.63 bits per heavy atom. The third-order valence-electron chi connectivity index (χ3n) is 4.11. The van der Waals surface area contributed by atoms with Crippen LogP contribution in [0.4, 0.5) is 19.0 Å². The first-order chi connectivity index (χ1) is 14.3. The summed E-state index contributed by atoms with van der Waals surface area (Å²) in [5.74, 6) is -0.0435. The molecule has 0 saturated carbocycles. The summed E-state index contributed by atoms with van der Waals surface area (Å²) < 4.78 is 51.3. The van der Waals surface area contributed by atoms with Gasteiger partial charge in [0.2, 0.25) is 0 Å². The molecule has 9 heteroatoms. The molecule has 2 aromatic carbocycles. The van der Waals surface area contributed by atoms with E-state index in [1.807, 2.05) is 5.10 Å². The van der Waals surface area contributed by atoms with Gasteiger partial charge in [0.1, 0.15) is 17.2 Å². The number of carbonyl (C=O) groups excluding carboxylic acids is 1. The molecular formula is C21H20F3N3O3. The smallest absolute Gasteiger partial charge is 0.433 e. The predicted octanol–water partition coefficient (Wildman–Crippen LogP) is 5.15. The Balaban J connectivity index is 1.99. The zero-order chi connectivity index (χ0) is 21.7. The molecule has 1 amide bonds. The van der Waals surface area contributed by atoms with Crippen LogP contribution in [0, 0.1) is 0 Å². The molecule has 2 N–H and O–H groups in total. The van der Waals surface area contributed by atoms with Crippen LogP contribution in [0.2, 0.25) is 0 Å². The minimum atomic E-state index is -4.67. The summed E-state index contributed by atoms with van der Waals surface area (Å²) >= 11 is 0. The van der Waals surface area contributed by atoms with E-state index < -0.39 is 17.8 Å². The van der Waals surface area contributed by atoms with Crippen molar-refractivity contribution in [2.24, 2.45) is 0 Å². The molecule has 30 heavy (non-hydrogen) atoms. The molecule has 0 spiro atoms. The molecule has 0 aliphatic heterocycles. The van der Waals surface area contributed by atoms with Gasteiger partial charge in [-0.1, -0.05) is 30.3 Å². The molecular weight excluding hydrogens is 399 g/mol. The SMILES string of the molecule is CCOc1cc(OCC)cc(C(=O)Nc2n[nH]c(C(F)(F)F)c2-c2ccccc2)c1. The molecule has 6 nitrogen and oxygen atoms in total. The van der Waals surface area contributed by atoms with Gasteiger partial charge in [-0.2, -0.15) is 18.3 Å². The topological polar surface area (TPSA) is 76.2 Å². The highest BCUT2D eigenvalue weighted by molar-refractivity contribution is 6.06. The third kappa shape index (κ3) is 4.73. The number of rotatable bonds is 7. The van der Waals surface area contributed by atoms with Crippen molar-refractivity contribution >= 4 is 11.7 Å². The second-order valence-electron chi connectivity index (χ2n) is 6.20. The maximum atomic E-state index is 13.5. The standard InChI is InChI=1S/C21H20F3N3O3/c1-3-29-15-10-14(11-16(12-15)30-4-2)20(28)25-19-17(13-8-6-5-7-9-13)18(26-27-19)21(22,23)24/h5-12H,3-4H2,1-2H3,(H2,25,26,27,28). The van der Waals surface area contributed by atoms with Crippen molar-refractivity contribution in [1.82, 2.24) is 10.2 Å². The Morgan fingerprint density at radius 1 is 1.03 bits per heavy atom. The summed E-state index contributed by atoms with van der Waals surface area (Å²) in [7, 11) is 0. The molecule has 0 fully saturated rings. The third-order valence-corrected chi connectivity index (χ3v) is 4.11. The van der Waals surface area contributed by atoms with E-state index in [4.69, 9.17) is 9.47 Å². The minimum Gasteiger partial charge on any atom is -0.494 e. The fraction of sp³-hybridized carbons (Fsp3) is 0.238. The average molecular weight is 419 g/mol. The number of aromatic amines is 1. The van der Waals surface area contributed by atoms with E-state index >= 15 is 0 Å². The molecule has 0 unspecified atom stereocenters. The average Bonchev–Trinajstić information content (AvgIpc) is 3.13. The molecule has 158 valence electrons. The lowest BCUT2D eigenvalue weighted by Crippen LogP contribution is -2.14. The molecule has 0 atom stereocenters. The number of nitrogens with one attached hydrogen (secondary N) is 2. The van der Waals surface area contributed by atoms with E-state index in [1.165, 1.54) is 24.3 Å². The summed E-state index contributed by atoms with van der Waals surface area (Å²) in [5, 5.41) is 8.16. The Morgan fingerprint density at radius 3 is 2.17 bits per heavy atom. The van der Waals surface area contributed by atoms with Gasteiger partial charge in [0.15, 0.2) is 5.82 Å². The van der Waals surface area contributed by atoms with Crippen LogP contribution < -0.4 is 14.8 Å². The fourth-order valence-electron chi connectivity index (χ4n) is 2.91. The molecule has 3 rings (SSSR count). The van der Waals surface area contributed by atoms with Gasteiger partial charge in [0.25, 0.3) is 5.91 Å². The van der Waals surface area contributed by atoms with Gasteiger partial charge in [0, 0.05) is 11.6 Å². The summed E-state index contributed by atoms with van der Waals surface area (Å²) in [6.07, 6.45) is -4.67. The largest absolute Gasteiger partial charge is 0.494 e. The van der Waals surface area contributed by atoms with Crippen LogP contribution >= 0.6 is 0 Å². The lowest BCUT2D eigenvalue weighted by atomic mass is 10.0. The van der Waals surface area contributed by atoms with Gasteiger partial charge < -0.3 is 14.8 Å². The number of H-pyrrole nitrogens is 1. The minimum absolute atomic E-state index is 0.167. The molecule has 0 aliphatic rings. The van der Waals surface area contributed by atoms with E-state index in [1.54, 1.807) is 38.1 Å². The van der Waals surface area contributed by atoms with Gasteiger partial charge in [-0.15, -0.1) is 0 Å². The molecule has 3 aromatic rings. The lowest BCUT2D eigenvalue weighted by molar-refractivity contribution is -0.140. The number of anilines is 1. The van der Waals surface area contributed by atoms with Crippen LogP contribution in [-0.2, 0) is 6.18 Å². The van der Waals surface area contributed by atoms with Gasteiger partial charge in [0.05, 0.1) is 18.8 Å². The number of benzene rings is 2. The summed E-state index contributed by atoms with van der Waals surface area (Å²) in [6, 6.07) is 12.5. The van der Waals surface area contributed by atoms with Gasteiger partial charge in [-0.25, -0.2) is 0 Å². The number of hydrogen-bond donors (Lipinski definition) is 2. The number of hydrogen-bond acceptors (Lipinski definition) is 4. The first kappa shape index (κ1) is 21.2. The van der Waals surface area contributed by atoms with Crippen LogP contribution in [-0.4, -0.2) is 29.3 Å². The Bertz CT molecular complexity index is 993. The number of ether oxygens (including phenoxy) is 2. The van der Waals surface area contributed by atoms with E-state index in [-0.39, 0.29) is 22.5 Å². The molecule has 0 bridgehead atoms. The number of nitrogens with zero attached hydrogens (tertiary/aromatic N) is 1. The number of carbonyl (C=O) groups is 1. The second kappa shape index (κ2) is 8.89. The first-order valence-electron chi connectivity index (χ1n) is 9.26. The second-order valence-corrected chi connectivity index (χ2v) is 6.20. The first-order valence-corrected chi connectivity index (χ1v) is 9.26. The zero-order valence-corrected chi connectivity index (χ0v) is 16.3. The number of halogens is 3. The molecule has 1 aromatic heterocycles. The number of amides is 1. The van der Waals surface area contributed by atoms with Crippen molar-refractivity contribution in [2.75, 3.05) is 18.5 Å². The normalized spacial score (nSPS) is 11.2. The van der Waals surface area contributed by atoms with E-state index in [2.05, 4.69) is 10.4 Å². The monoisotopic (exact) mass is 419 g/mol.